The molecule has 2 heterocycles. The number of pyridine rings is 1. The number of carbonyl (C=O) groups excluding carboxylic acids is 1. The summed E-state index contributed by atoms with van der Waals surface area (Å²) in [5.74, 6) is 0.150. The third-order valence-corrected chi connectivity index (χ3v) is 2.75. The lowest BCUT2D eigenvalue weighted by atomic mass is 10.1. The lowest BCUT2D eigenvalue weighted by Gasteiger charge is -2.02. The Kier molecular flexibility index (Phi) is 3.32. The number of nitrogens with zero attached hydrogens (tertiary/aromatic N) is 3. The van der Waals surface area contributed by atoms with Crippen molar-refractivity contribution in [3.63, 3.8) is 0 Å². The van der Waals surface area contributed by atoms with E-state index in [-0.39, 0.29) is 5.78 Å². The number of hydrogen-bond acceptors (Lipinski definition) is 3. The van der Waals surface area contributed by atoms with E-state index in [4.69, 9.17) is 0 Å². The molecule has 0 aliphatic carbocycles. The van der Waals surface area contributed by atoms with Crippen LogP contribution in [0.2, 0.25) is 0 Å². The highest BCUT2D eigenvalue weighted by Gasteiger charge is 2.08. The minimum absolute atomic E-state index is 0.150. The highest BCUT2D eigenvalue weighted by molar-refractivity contribution is 5.96. The van der Waals surface area contributed by atoms with Gasteiger partial charge in [-0.1, -0.05) is 0 Å². The summed E-state index contributed by atoms with van der Waals surface area (Å²) in [7, 11) is 1.89. The van der Waals surface area contributed by atoms with Gasteiger partial charge in [0.05, 0.1) is 0 Å². The Morgan fingerprint density at radius 1 is 1.35 bits per heavy atom. The number of carbonyl (C=O) groups is 1. The van der Waals surface area contributed by atoms with Crippen LogP contribution in [-0.4, -0.2) is 20.5 Å². The number of rotatable bonds is 4. The summed E-state index contributed by atoms with van der Waals surface area (Å²) >= 11 is 0. The van der Waals surface area contributed by atoms with E-state index in [1.165, 1.54) is 0 Å². The van der Waals surface area contributed by atoms with Crippen molar-refractivity contribution in [2.75, 3.05) is 0 Å². The monoisotopic (exact) mass is 229 g/mol. The quantitative estimate of drug-likeness (QED) is 0.753. The van der Waals surface area contributed by atoms with Gasteiger partial charge in [0.15, 0.2) is 5.78 Å². The van der Waals surface area contributed by atoms with Gasteiger partial charge in [-0.15, -0.1) is 0 Å². The molecule has 0 saturated heterocycles. The van der Waals surface area contributed by atoms with Gasteiger partial charge in [-0.2, -0.15) is 5.10 Å². The van der Waals surface area contributed by atoms with Gasteiger partial charge in [-0.3, -0.25) is 14.5 Å². The van der Waals surface area contributed by atoms with Crippen molar-refractivity contribution in [1.29, 1.82) is 0 Å². The maximum Gasteiger partial charge on any atom is 0.163 e. The second-order valence-electron chi connectivity index (χ2n) is 4.06. The number of hydrogen-bond donors (Lipinski definition) is 0. The van der Waals surface area contributed by atoms with Gasteiger partial charge < -0.3 is 0 Å². The smallest absolute Gasteiger partial charge is 0.163 e. The van der Waals surface area contributed by atoms with Gasteiger partial charge >= 0.3 is 0 Å². The van der Waals surface area contributed by atoms with Crippen LogP contribution in [0.15, 0.2) is 30.6 Å². The largest absolute Gasteiger partial charge is 0.294 e. The van der Waals surface area contributed by atoms with Crippen LogP contribution in [0.4, 0.5) is 0 Å². The molecule has 0 bridgehead atoms. The molecule has 0 amide bonds. The maximum atomic E-state index is 11.9. The van der Waals surface area contributed by atoms with E-state index in [0.29, 0.717) is 6.42 Å². The first kappa shape index (κ1) is 11.5. The van der Waals surface area contributed by atoms with Crippen molar-refractivity contribution in [3.05, 3.63) is 47.5 Å². The Morgan fingerprint density at radius 2 is 2.18 bits per heavy atom. The highest BCUT2D eigenvalue weighted by Crippen LogP contribution is 2.08. The fourth-order valence-corrected chi connectivity index (χ4v) is 1.75. The van der Waals surface area contributed by atoms with E-state index in [1.54, 1.807) is 23.1 Å². The van der Waals surface area contributed by atoms with Crippen LogP contribution in [0, 0.1) is 6.92 Å². The van der Waals surface area contributed by atoms with E-state index in [2.05, 4.69) is 10.1 Å². The van der Waals surface area contributed by atoms with Gasteiger partial charge in [-0.05, 0) is 31.5 Å². The standard InChI is InChI=1S/C13H15N3O/c1-10-9-11(5-7-14-10)13(17)4-3-12-6-8-15-16(12)2/h5-9H,3-4H2,1-2H3. The third-order valence-electron chi connectivity index (χ3n) is 2.75. The third kappa shape index (κ3) is 2.78. The Balaban J connectivity index is 2.01. The summed E-state index contributed by atoms with van der Waals surface area (Å²) < 4.78 is 1.80. The topological polar surface area (TPSA) is 47.8 Å². The highest BCUT2D eigenvalue weighted by atomic mass is 16.1. The number of aromatic nitrogens is 3. The second-order valence-corrected chi connectivity index (χ2v) is 4.06. The predicted molar refractivity (Wildman–Crippen MR) is 64.8 cm³/mol. The van der Waals surface area contributed by atoms with Gasteiger partial charge in [0, 0.05) is 42.8 Å². The van der Waals surface area contributed by atoms with Crippen molar-refractivity contribution in [2.24, 2.45) is 7.05 Å². The van der Waals surface area contributed by atoms with Crippen molar-refractivity contribution in [1.82, 2.24) is 14.8 Å². The normalized spacial score (nSPS) is 10.5. The van der Waals surface area contributed by atoms with Gasteiger partial charge in [0.25, 0.3) is 0 Å². The Bertz CT molecular complexity index is 531. The molecule has 0 atom stereocenters. The van der Waals surface area contributed by atoms with Crippen LogP contribution in [0.5, 0.6) is 0 Å². The summed E-state index contributed by atoms with van der Waals surface area (Å²) in [4.78, 5) is 16.0. The lowest BCUT2D eigenvalue weighted by molar-refractivity contribution is 0.0982. The molecule has 2 aromatic rings. The fourth-order valence-electron chi connectivity index (χ4n) is 1.75. The summed E-state index contributed by atoms with van der Waals surface area (Å²) in [6.07, 6.45) is 4.64. The van der Waals surface area contributed by atoms with Crippen LogP contribution < -0.4 is 0 Å². The molecule has 88 valence electrons. The zero-order chi connectivity index (χ0) is 12.3. The molecule has 0 aliphatic heterocycles. The molecule has 0 saturated carbocycles. The Labute approximate surface area is 100 Å². The first-order valence-electron chi connectivity index (χ1n) is 5.59. The fraction of sp³-hybridized carbons (Fsp3) is 0.308. The molecule has 0 aliphatic rings. The van der Waals surface area contributed by atoms with E-state index in [0.717, 1.165) is 23.4 Å². The molecular formula is C13H15N3O. The molecule has 4 nitrogen and oxygen atoms in total. The molecular weight excluding hydrogens is 214 g/mol. The van der Waals surface area contributed by atoms with E-state index >= 15 is 0 Å². The van der Waals surface area contributed by atoms with Gasteiger partial charge in [-0.25, -0.2) is 0 Å². The molecule has 0 radical (unpaired) electrons. The predicted octanol–water partition coefficient (Wildman–Crippen LogP) is 1.94. The average molecular weight is 229 g/mol. The van der Waals surface area contributed by atoms with E-state index < -0.39 is 0 Å². The molecule has 17 heavy (non-hydrogen) atoms. The first-order chi connectivity index (χ1) is 8.16. The second kappa shape index (κ2) is 4.91. The average Bonchev–Trinajstić information content (AvgIpc) is 2.72. The molecule has 0 spiro atoms. The maximum absolute atomic E-state index is 11.9. The number of Topliss-reactive ketones (excluding diaryl/α,β-unsaturated/α-hetero) is 1. The van der Waals surface area contributed by atoms with Crippen LogP contribution in [0.25, 0.3) is 0 Å². The van der Waals surface area contributed by atoms with Gasteiger partial charge in [0.2, 0.25) is 0 Å². The lowest BCUT2D eigenvalue weighted by Crippen LogP contribution is -2.05. The number of ketones is 1. The molecule has 0 unspecified atom stereocenters. The molecule has 0 N–H and O–H groups in total. The van der Waals surface area contributed by atoms with Crippen molar-refractivity contribution in [3.8, 4) is 0 Å². The van der Waals surface area contributed by atoms with Crippen molar-refractivity contribution < 1.29 is 4.79 Å². The van der Waals surface area contributed by atoms with E-state index in [1.807, 2.05) is 26.1 Å². The molecule has 0 fully saturated rings. The van der Waals surface area contributed by atoms with Crippen LogP contribution in [-0.2, 0) is 13.5 Å². The molecule has 2 aromatic heterocycles. The Morgan fingerprint density at radius 3 is 2.82 bits per heavy atom. The molecule has 0 aromatic carbocycles. The minimum atomic E-state index is 0.150. The molecule has 4 heteroatoms. The zero-order valence-electron chi connectivity index (χ0n) is 10.1. The van der Waals surface area contributed by atoms with Crippen LogP contribution in [0.3, 0.4) is 0 Å². The van der Waals surface area contributed by atoms with Gasteiger partial charge in [0.1, 0.15) is 0 Å². The zero-order valence-corrected chi connectivity index (χ0v) is 10.1. The van der Waals surface area contributed by atoms with Crippen molar-refractivity contribution >= 4 is 5.78 Å². The van der Waals surface area contributed by atoms with Crippen molar-refractivity contribution in [2.45, 2.75) is 19.8 Å². The molecule has 2 rings (SSSR count). The van der Waals surface area contributed by atoms with E-state index in [9.17, 15) is 4.79 Å². The summed E-state index contributed by atoms with van der Waals surface area (Å²) in [6, 6.07) is 5.52. The summed E-state index contributed by atoms with van der Waals surface area (Å²) in [5, 5.41) is 4.08. The number of aryl methyl sites for hydroxylation is 3. The Hall–Kier alpha value is -1.97. The SMILES string of the molecule is Cc1cc(C(=O)CCc2ccnn2C)ccn1. The minimum Gasteiger partial charge on any atom is -0.294 e. The summed E-state index contributed by atoms with van der Waals surface area (Å²) in [5.41, 5.74) is 2.68. The first-order valence-corrected chi connectivity index (χ1v) is 5.59. The summed E-state index contributed by atoms with van der Waals surface area (Å²) in [6.45, 7) is 1.89. The van der Waals surface area contributed by atoms with Crippen LogP contribution in [0.1, 0.15) is 28.2 Å². The van der Waals surface area contributed by atoms with Crippen LogP contribution >= 0.6 is 0 Å².